The molecule has 1 unspecified atom stereocenters. The van der Waals surface area contributed by atoms with Crippen LogP contribution in [0, 0.1) is 5.92 Å². The molecule has 1 heterocycles. The van der Waals surface area contributed by atoms with Gasteiger partial charge >= 0.3 is 0 Å². The van der Waals surface area contributed by atoms with Crippen molar-refractivity contribution in [1.29, 1.82) is 0 Å². The third-order valence-electron chi connectivity index (χ3n) is 3.85. The van der Waals surface area contributed by atoms with Crippen molar-refractivity contribution in [3.8, 4) is 5.75 Å². The topological polar surface area (TPSA) is 21.3 Å². The van der Waals surface area contributed by atoms with Gasteiger partial charge in [-0.15, -0.1) is 0 Å². The van der Waals surface area contributed by atoms with Crippen LogP contribution < -0.4 is 10.1 Å². The van der Waals surface area contributed by atoms with Gasteiger partial charge in [-0.05, 0) is 48.1 Å². The van der Waals surface area contributed by atoms with E-state index in [1.165, 1.54) is 11.1 Å². The third kappa shape index (κ3) is 2.75. The van der Waals surface area contributed by atoms with Crippen LogP contribution in [0.3, 0.4) is 0 Å². The van der Waals surface area contributed by atoms with Crippen molar-refractivity contribution >= 4 is 17.3 Å². The zero-order valence-electron chi connectivity index (χ0n) is 11.5. The van der Waals surface area contributed by atoms with Crippen molar-refractivity contribution in [2.24, 2.45) is 5.92 Å². The van der Waals surface area contributed by atoms with E-state index in [0.717, 1.165) is 35.8 Å². The average molecular weight is 288 g/mol. The van der Waals surface area contributed by atoms with Gasteiger partial charge in [0.15, 0.2) is 0 Å². The summed E-state index contributed by atoms with van der Waals surface area (Å²) in [6.45, 7) is 0.982. The molecule has 0 spiro atoms. The molecule has 2 nitrogen and oxygen atoms in total. The molecule has 20 heavy (non-hydrogen) atoms. The van der Waals surface area contributed by atoms with E-state index >= 15 is 0 Å². The van der Waals surface area contributed by atoms with Crippen LogP contribution in [-0.2, 0) is 12.8 Å². The van der Waals surface area contributed by atoms with Gasteiger partial charge in [0.2, 0.25) is 0 Å². The highest BCUT2D eigenvalue weighted by atomic mass is 35.5. The highest BCUT2D eigenvalue weighted by Crippen LogP contribution is 2.34. The molecule has 0 radical (unpaired) electrons. The first-order valence-corrected chi connectivity index (χ1v) is 7.28. The molecule has 1 atom stereocenters. The number of hydrogen-bond donors (Lipinski definition) is 1. The number of hydrogen-bond acceptors (Lipinski definition) is 2. The predicted molar refractivity (Wildman–Crippen MR) is 83.8 cm³/mol. The Labute approximate surface area is 124 Å². The monoisotopic (exact) mass is 287 g/mol. The van der Waals surface area contributed by atoms with E-state index in [1.54, 1.807) is 7.11 Å². The van der Waals surface area contributed by atoms with E-state index in [4.69, 9.17) is 16.3 Å². The summed E-state index contributed by atoms with van der Waals surface area (Å²) in [5, 5.41) is 4.31. The lowest BCUT2D eigenvalue weighted by Gasteiger charge is -2.27. The van der Waals surface area contributed by atoms with Gasteiger partial charge in [-0.1, -0.05) is 35.9 Å². The van der Waals surface area contributed by atoms with Crippen LogP contribution in [0.15, 0.2) is 42.5 Å². The van der Waals surface area contributed by atoms with E-state index in [0.29, 0.717) is 5.92 Å². The minimum Gasteiger partial charge on any atom is -0.495 e. The largest absolute Gasteiger partial charge is 0.495 e. The van der Waals surface area contributed by atoms with Crippen molar-refractivity contribution < 1.29 is 4.74 Å². The van der Waals surface area contributed by atoms with E-state index in [2.05, 4.69) is 29.6 Å². The molecule has 3 rings (SSSR count). The summed E-state index contributed by atoms with van der Waals surface area (Å²) in [5.74, 6) is 1.54. The number of benzene rings is 2. The van der Waals surface area contributed by atoms with Gasteiger partial charge in [0.05, 0.1) is 12.8 Å². The van der Waals surface area contributed by atoms with Crippen LogP contribution in [0.4, 0.5) is 5.69 Å². The van der Waals surface area contributed by atoms with Crippen LogP contribution in [0.1, 0.15) is 11.1 Å². The normalized spacial score (nSPS) is 17.2. The molecule has 0 aliphatic carbocycles. The molecule has 0 fully saturated rings. The van der Waals surface area contributed by atoms with Gasteiger partial charge in [-0.25, -0.2) is 0 Å². The van der Waals surface area contributed by atoms with Gasteiger partial charge < -0.3 is 10.1 Å². The fraction of sp³-hybridized carbons (Fsp3) is 0.294. The minimum absolute atomic E-state index is 0.607. The number of anilines is 1. The smallest absolute Gasteiger partial charge is 0.142 e. The van der Waals surface area contributed by atoms with Crippen molar-refractivity contribution in [3.05, 3.63) is 58.6 Å². The highest BCUT2D eigenvalue weighted by molar-refractivity contribution is 6.30. The summed E-state index contributed by atoms with van der Waals surface area (Å²) < 4.78 is 5.40. The molecule has 1 aliphatic heterocycles. The van der Waals surface area contributed by atoms with Gasteiger partial charge in [-0.3, -0.25) is 0 Å². The Kier molecular flexibility index (Phi) is 3.83. The lowest BCUT2D eigenvalue weighted by Crippen LogP contribution is -2.25. The minimum atomic E-state index is 0.607. The zero-order chi connectivity index (χ0) is 13.9. The second-order valence-corrected chi connectivity index (χ2v) is 5.71. The molecule has 2 aromatic rings. The maximum atomic E-state index is 5.93. The van der Waals surface area contributed by atoms with Gasteiger partial charge in [0.1, 0.15) is 5.75 Å². The molecule has 2 aromatic carbocycles. The van der Waals surface area contributed by atoms with Crippen molar-refractivity contribution in [3.63, 3.8) is 0 Å². The fourth-order valence-corrected chi connectivity index (χ4v) is 2.97. The highest BCUT2D eigenvalue weighted by Gasteiger charge is 2.20. The molecule has 0 aromatic heterocycles. The first-order chi connectivity index (χ1) is 9.76. The van der Waals surface area contributed by atoms with Gasteiger partial charge in [0.25, 0.3) is 0 Å². The van der Waals surface area contributed by atoms with Crippen LogP contribution in [-0.4, -0.2) is 13.7 Å². The Morgan fingerprint density at radius 1 is 1.20 bits per heavy atom. The molecule has 1 N–H and O–H groups in total. The molecule has 0 saturated carbocycles. The van der Waals surface area contributed by atoms with Crippen LogP contribution in [0.25, 0.3) is 0 Å². The Morgan fingerprint density at radius 3 is 2.75 bits per heavy atom. The second kappa shape index (κ2) is 5.76. The number of halogens is 1. The van der Waals surface area contributed by atoms with Crippen LogP contribution in [0.5, 0.6) is 5.75 Å². The van der Waals surface area contributed by atoms with Gasteiger partial charge in [0, 0.05) is 11.6 Å². The number of ether oxygens (including phenoxy) is 1. The molecule has 1 aliphatic rings. The Balaban J connectivity index is 1.74. The van der Waals surface area contributed by atoms with E-state index in [-0.39, 0.29) is 0 Å². The average Bonchev–Trinajstić information content (AvgIpc) is 2.49. The van der Waals surface area contributed by atoms with Crippen molar-refractivity contribution in [2.45, 2.75) is 12.8 Å². The number of fused-ring (bicyclic) bond motifs is 1. The van der Waals surface area contributed by atoms with Crippen LogP contribution in [0.2, 0.25) is 5.02 Å². The Morgan fingerprint density at radius 2 is 2.00 bits per heavy atom. The van der Waals surface area contributed by atoms with Crippen molar-refractivity contribution in [2.75, 3.05) is 19.0 Å². The van der Waals surface area contributed by atoms with Crippen molar-refractivity contribution in [1.82, 2.24) is 0 Å². The Hall–Kier alpha value is -1.67. The number of methoxy groups -OCH3 is 1. The van der Waals surface area contributed by atoms with E-state index < -0.39 is 0 Å². The lowest BCUT2D eigenvalue weighted by molar-refractivity contribution is 0.413. The summed E-state index contributed by atoms with van der Waals surface area (Å²) in [4.78, 5) is 0. The number of para-hydroxylation sites is 1. The zero-order valence-corrected chi connectivity index (χ0v) is 12.3. The first kappa shape index (κ1) is 13.3. The standard InChI is InChI=1S/C17H18ClNO/c1-20-16-4-2-3-14-10-13(11-19-17(14)16)9-12-5-7-15(18)8-6-12/h2-8,13,19H,9-11H2,1H3. The van der Waals surface area contributed by atoms with Gasteiger partial charge in [-0.2, -0.15) is 0 Å². The maximum absolute atomic E-state index is 5.93. The van der Waals surface area contributed by atoms with Crippen LogP contribution >= 0.6 is 11.6 Å². The Bertz CT molecular complexity index is 594. The molecule has 0 amide bonds. The summed E-state index contributed by atoms with van der Waals surface area (Å²) in [5.41, 5.74) is 3.84. The molecule has 0 bridgehead atoms. The molecular weight excluding hydrogens is 270 g/mol. The predicted octanol–water partition coefficient (Wildman–Crippen LogP) is 4.18. The third-order valence-corrected chi connectivity index (χ3v) is 4.10. The van der Waals surface area contributed by atoms with E-state index in [9.17, 15) is 0 Å². The summed E-state index contributed by atoms with van der Waals surface area (Å²) in [7, 11) is 1.72. The second-order valence-electron chi connectivity index (χ2n) is 5.28. The first-order valence-electron chi connectivity index (χ1n) is 6.90. The maximum Gasteiger partial charge on any atom is 0.142 e. The lowest BCUT2D eigenvalue weighted by atomic mass is 9.89. The summed E-state index contributed by atoms with van der Waals surface area (Å²) in [6, 6.07) is 14.4. The summed E-state index contributed by atoms with van der Waals surface area (Å²) in [6.07, 6.45) is 2.16. The SMILES string of the molecule is COc1cccc2c1NCC(Cc1ccc(Cl)cc1)C2. The number of rotatable bonds is 3. The number of nitrogens with one attached hydrogen (secondary N) is 1. The fourth-order valence-electron chi connectivity index (χ4n) is 2.85. The molecule has 3 heteroatoms. The molecule has 104 valence electrons. The molecule has 0 saturated heterocycles. The quantitative estimate of drug-likeness (QED) is 0.914. The summed E-state index contributed by atoms with van der Waals surface area (Å²) >= 11 is 5.93. The molecular formula is C17H18ClNO. The van der Waals surface area contributed by atoms with E-state index in [1.807, 2.05) is 18.2 Å².